The van der Waals surface area contributed by atoms with Crippen LogP contribution in [0.4, 0.5) is 10.6 Å². The molecule has 0 aliphatic heterocycles. The second-order valence-electron chi connectivity index (χ2n) is 6.74. The maximum Gasteiger partial charge on any atom is 0.320 e. The average Bonchev–Trinajstić information content (AvgIpc) is 3.05. The highest BCUT2D eigenvalue weighted by Gasteiger charge is 2.13. The quantitative estimate of drug-likeness (QED) is 0.500. The van der Waals surface area contributed by atoms with Gasteiger partial charge in [0.15, 0.2) is 0 Å². The van der Waals surface area contributed by atoms with E-state index in [4.69, 9.17) is 0 Å². The third-order valence-electron chi connectivity index (χ3n) is 4.45. The zero-order chi connectivity index (χ0) is 20.4. The fraction of sp³-hybridized carbons (Fsp3) is 0.143. The van der Waals surface area contributed by atoms with E-state index in [1.807, 2.05) is 42.5 Å². The fourth-order valence-corrected chi connectivity index (χ4v) is 3.20. The average molecular weight is 388 g/mol. The molecule has 2 amide bonds. The first-order valence-electron chi connectivity index (χ1n) is 9.16. The first-order chi connectivity index (χ1) is 14.0. The lowest BCUT2D eigenvalue weighted by Crippen LogP contribution is -2.29. The zero-order valence-corrected chi connectivity index (χ0v) is 16.1. The van der Waals surface area contributed by atoms with Crippen LogP contribution >= 0.6 is 0 Å². The number of aryl methyl sites for hydroxylation is 2. The molecule has 0 spiro atoms. The predicted octanol–water partition coefficient (Wildman–Crippen LogP) is 3.05. The summed E-state index contributed by atoms with van der Waals surface area (Å²) in [6, 6.07) is 16.7. The molecule has 0 aliphatic rings. The molecule has 0 saturated heterocycles. The van der Waals surface area contributed by atoms with Crippen molar-refractivity contribution < 1.29 is 4.79 Å². The molecule has 29 heavy (non-hydrogen) atoms. The van der Waals surface area contributed by atoms with Gasteiger partial charge in [0, 0.05) is 24.4 Å². The number of urea groups is 1. The van der Waals surface area contributed by atoms with Crippen molar-refractivity contribution in [3.05, 3.63) is 81.9 Å². The molecule has 0 fully saturated rings. The van der Waals surface area contributed by atoms with E-state index in [9.17, 15) is 9.59 Å². The van der Waals surface area contributed by atoms with E-state index in [-0.39, 0.29) is 17.5 Å². The summed E-state index contributed by atoms with van der Waals surface area (Å²) in [5, 5.41) is 12.2. The number of benzene rings is 2. The number of hydrogen-bond donors (Lipinski definition) is 3. The van der Waals surface area contributed by atoms with E-state index < -0.39 is 0 Å². The van der Waals surface area contributed by atoms with Gasteiger partial charge in [0.1, 0.15) is 5.82 Å². The van der Waals surface area contributed by atoms with Crippen molar-refractivity contribution in [1.82, 2.24) is 25.1 Å². The van der Waals surface area contributed by atoms with E-state index in [1.54, 1.807) is 19.9 Å². The standard InChI is InChI=1S/C21H20N6O2/c1-13-11-19(28)25-20(23-13)27-18(10-14(2)26-27)24-21(29)22-12-16-8-5-7-15-6-3-4-9-17(15)16/h3-11H,12H2,1-2H3,(H2,22,24,29)(H,23,25,28). The number of hydrogen-bond acceptors (Lipinski definition) is 4. The van der Waals surface area contributed by atoms with Gasteiger partial charge in [-0.2, -0.15) is 9.78 Å². The van der Waals surface area contributed by atoms with Crippen LogP contribution in [0, 0.1) is 13.8 Å². The van der Waals surface area contributed by atoms with Gasteiger partial charge in [-0.1, -0.05) is 42.5 Å². The molecule has 8 heteroatoms. The Morgan fingerprint density at radius 2 is 1.86 bits per heavy atom. The Labute approximate surface area is 166 Å². The summed E-state index contributed by atoms with van der Waals surface area (Å²) >= 11 is 0. The molecule has 4 aromatic rings. The lowest BCUT2D eigenvalue weighted by Gasteiger charge is -2.11. The smallest absolute Gasteiger partial charge is 0.320 e. The van der Waals surface area contributed by atoms with Crippen LogP contribution < -0.4 is 16.2 Å². The fourth-order valence-electron chi connectivity index (χ4n) is 3.20. The number of aromatic amines is 1. The van der Waals surface area contributed by atoms with Gasteiger partial charge in [-0.05, 0) is 30.2 Å². The Bertz CT molecular complexity index is 1250. The van der Waals surface area contributed by atoms with Gasteiger partial charge >= 0.3 is 6.03 Å². The highest BCUT2D eigenvalue weighted by atomic mass is 16.2. The van der Waals surface area contributed by atoms with Crippen LogP contribution in [0.2, 0.25) is 0 Å². The van der Waals surface area contributed by atoms with Crippen LogP contribution in [0.15, 0.2) is 59.4 Å². The number of H-pyrrole nitrogens is 1. The number of fused-ring (bicyclic) bond motifs is 1. The molecule has 0 aliphatic carbocycles. The van der Waals surface area contributed by atoms with E-state index >= 15 is 0 Å². The SMILES string of the molecule is Cc1cc(=O)[nH]c(-n2nc(C)cc2NC(=O)NCc2cccc3ccccc23)n1. The number of nitrogens with zero attached hydrogens (tertiary/aromatic N) is 3. The third kappa shape index (κ3) is 4.01. The van der Waals surface area contributed by atoms with Gasteiger partial charge < -0.3 is 5.32 Å². The summed E-state index contributed by atoms with van der Waals surface area (Å²) in [6.07, 6.45) is 0. The zero-order valence-electron chi connectivity index (χ0n) is 16.1. The normalized spacial score (nSPS) is 10.8. The first kappa shape index (κ1) is 18.4. The van der Waals surface area contributed by atoms with Gasteiger partial charge in [0.2, 0.25) is 5.95 Å². The molecule has 146 valence electrons. The Morgan fingerprint density at radius 1 is 1.07 bits per heavy atom. The number of carbonyl (C=O) groups is 1. The number of amides is 2. The summed E-state index contributed by atoms with van der Waals surface area (Å²) in [4.78, 5) is 31.2. The van der Waals surface area contributed by atoms with Gasteiger partial charge in [-0.3, -0.25) is 15.1 Å². The van der Waals surface area contributed by atoms with Crippen LogP contribution in [0.5, 0.6) is 0 Å². The molecule has 0 bridgehead atoms. The van der Waals surface area contributed by atoms with Crippen molar-refractivity contribution in [3.8, 4) is 5.95 Å². The van der Waals surface area contributed by atoms with Crippen LogP contribution in [-0.4, -0.2) is 25.8 Å². The van der Waals surface area contributed by atoms with Crippen molar-refractivity contribution in [2.45, 2.75) is 20.4 Å². The second kappa shape index (κ2) is 7.59. The molecule has 4 rings (SSSR count). The lowest BCUT2D eigenvalue weighted by molar-refractivity contribution is 0.251. The summed E-state index contributed by atoms with van der Waals surface area (Å²) in [5.74, 6) is 0.652. The molecule has 0 unspecified atom stereocenters. The molecular weight excluding hydrogens is 368 g/mol. The first-order valence-corrected chi connectivity index (χ1v) is 9.16. The Kier molecular flexibility index (Phi) is 4.82. The Morgan fingerprint density at radius 3 is 2.69 bits per heavy atom. The van der Waals surface area contributed by atoms with E-state index in [2.05, 4.69) is 25.7 Å². The number of aromatic nitrogens is 4. The molecule has 8 nitrogen and oxygen atoms in total. The van der Waals surface area contributed by atoms with Crippen molar-refractivity contribution in [2.75, 3.05) is 5.32 Å². The molecule has 0 atom stereocenters. The minimum absolute atomic E-state index is 0.243. The van der Waals surface area contributed by atoms with E-state index in [1.165, 1.54) is 10.7 Å². The maximum atomic E-state index is 12.5. The Hall–Kier alpha value is -3.94. The highest BCUT2D eigenvalue weighted by molar-refractivity contribution is 5.90. The largest absolute Gasteiger partial charge is 0.334 e. The number of nitrogens with one attached hydrogen (secondary N) is 3. The second-order valence-corrected chi connectivity index (χ2v) is 6.74. The van der Waals surface area contributed by atoms with Crippen molar-refractivity contribution >= 4 is 22.6 Å². The molecule has 2 aromatic carbocycles. The molecular formula is C21H20N6O2. The van der Waals surface area contributed by atoms with Gasteiger partial charge in [0.05, 0.1) is 5.69 Å². The van der Waals surface area contributed by atoms with E-state index in [0.29, 0.717) is 23.8 Å². The highest BCUT2D eigenvalue weighted by Crippen LogP contribution is 2.18. The minimum atomic E-state index is -0.380. The van der Waals surface area contributed by atoms with Crippen LogP contribution in [0.25, 0.3) is 16.7 Å². The summed E-state index contributed by atoms with van der Waals surface area (Å²) < 4.78 is 1.40. The summed E-state index contributed by atoms with van der Waals surface area (Å²) in [5.41, 5.74) is 1.97. The molecule has 3 N–H and O–H groups in total. The van der Waals surface area contributed by atoms with Crippen LogP contribution in [0.3, 0.4) is 0 Å². The predicted molar refractivity (Wildman–Crippen MR) is 111 cm³/mol. The third-order valence-corrected chi connectivity index (χ3v) is 4.45. The van der Waals surface area contributed by atoms with Crippen molar-refractivity contribution in [1.29, 1.82) is 0 Å². The maximum absolute atomic E-state index is 12.5. The molecule has 0 radical (unpaired) electrons. The van der Waals surface area contributed by atoms with Gasteiger partial charge in [-0.25, -0.2) is 9.78 Å². The van der Waals surface area contributed by atoms with Crippen molar-refractivity contribution in [2.24, 2.45) is 0 Å². The molecule has 0 saturated carbocycles. The monoisotopic (exact) mass is 388 g/mol. The number of carbonyl (C=O) groups excluding carboxylic acids is 1. The van der Waals surface area contributed by atoms with Crippen LogP contribution in [0.1, 0.15) is 17.0 Å². The van der Waals surface area contributed by atoms with Gasteiger partial charge in [-0.15, -0.1) is 0 Å². The summed E-state index contributed by atoms with van der Waals surface area (Å²) in [6.45, 7) is 3.89. The molecule has 2 aromatic heterocycles. The minimum Gasteiger partial charge on any atom is -0.334 e. The number of anilines is 1. The number of rotatable bonds is 4. The lowest BCUT2D eigenvalue weighted by atomic mass is 10.0. The summed E-state index contributed by atoms with van der Waals surface area (Å²) in [7, 11) is 0. The van der Waals surface area contributed by atoms with Crippen molar-refractivity contribution in [3.63, 3.8) is 0 Å². The topological polar surface area (TPSA) is 105 Å². The van der Waals surface area contributed by atoms with E-state index in [0.717, 1.165) is 16.3 Å². The van der Waals surface area contributed by atoms with Gasteiger partial charge in [0.25, 0.3) is 5.56 Å². The molecule has 2 heterocycles. The Balaban J connectivity index is 1.52. The van der Waals surface area contributed by atoms with Crippen LogP contribution in [-0.2, 0) is 6.54 Å².